The van der Waals surface area contributed by atoms with Gasteiger partial charge in [-0.25, -0.2) is 15.0 Å². The fraction of sp³-hybridized carbons (Fsp3) is 0.800. The molecular weight excluding hydrogens is 325 g/mol. The average molecular weight is 350 g/mol. The van der Waals surface area contributed by atoms with Crippen molar-refractivity contribution in [1.82, 2.24) is 15.0 Å². The Morgan fingerprint density at radius 2 is 1.67 bits per heavy atom. The molecule has 0 bridgehead atoms. The van der Waals surface area contributed by atoms with Crippen LogP contribution >= 0.6 is 35.0 Å². The zero-order valence-electron chi connectivity index (χ0n) is 12.7. The molecule has 1 heterocycles. The lowest BCUT2D eigenvalue weighted by atomic mass is 10.1. The molecule has 1 aromatic rings. The van der Waals surface area contributed by atoms with Gasteiger partial charge in [-0.05, 0) is 12.8 Å². The van der Waals surface area contributed by atoms with Gasteiger partial charge in [0.05, 0.1) is 0 Å². The van der Waals surface area contributed by atoms with E-state index in [1.807, 2.05) is 0 Å². The van der Waals surface area contributed by atoms with E-state index < -0.39 is 0 Å². The number of alkyl halides is 2. The van der Waals surface area contributed by atoms with Crippen molar-refractivity contribution in [3.63, 3.8) is 0 Å². The number of nitrogens with zero attached hydrogens (tertiary/aromatic N) is 3. The molecule has 1 rings (SSSR count). The molecule has 0 N–H and O–H groups in total. The number of rotatable bonds is 12. The van der Waals surface area contributed by atoms with Gasteiger partial charge in [-0.15, -0.1) is 23.2 Å². The Kier molecular flexibility index (Phi) is 11.3. The second-order valence-corrected chi connectivity index (χ2v) is 7.44. The highest BCUT2D eigenvalue weighted by Gasteiger charge is 2.13. The van der Waals surface area contributed by atoms with Gasteiger partial charge in [0.25, 0.3) is 0 Å². The minimum absolute atomic E-state index is 0.0642. The van der Waals surface area contributed by atoms with Crippen molar-refractivity contribution < 1.29 is 0 Å². The summed E-state index contributed by atoms with van der Waals surface area (Å²) in [6.07, 6.45) is 12.7. The quantitative estimate of drug-likeness (QED) is 0.291. The number of aromatic nitrogens is 3. The van der Waals surface area contributed by atoms with Crippen LogP contribution in [0.25, 0.3) is 0 Å². The van der Waals surface area contributed by atoms with Crippen molar-refractivity contribution >= 4 is 35.0 Å². The zero-order valence-corrected chi connectivity index (χ0v) is 15.0. The van der Waals surface area contributed by atoms with E-state index in [0.29, 0.717) is 0 Å². The van der Waals surface area contributed by atoms with Crippen molar-refractivity contribution in [3.05, 3.63) is 12.7 Å². The number of hydrogen-bond donors (Lipinski definition) is 0. The van der Waals surface area contributed by atoms with Gasteiger partial charge in [-0.2, -0.15) is 0 Å². The summed E-state index contributed by atoms with van der Waals surface area (Å²) >= 11 is 14.2. The molecule has 2 unspecified atom stereocenters. The highest BCUT2D eigenvalue weighted by atomic mass is 35.5. The maximum absolute atomic E-state index is 6.36. The molecule has 120 valence electrons. The fourth-order valence-corrected chi connectivity index (χ4v) is 3.65. The smallest absolute Gasteiger partial charge is 0.190 e. The van der Waals surface area contributed by atoms with E-state index in [4.69, 9.17) is 23.2 Å². The third kappa shape index (κ3) is 10.3. The molecule has 0 aliphatic rings. The Labute approximate surface area is 142 Å². The first-order chi connectivity index (χ1) is 10.2. The van der Waals surface area contributed by atoms with Crippen LogP contribution < -0.4 is 0 Å². The van der Waals surface area contributed by atoms with E-state index in [1.165, 1.54) is 51.2 Å². The first-order valence-corrected chi connectivity index (χ1v) is 9.61. The molecule has 0 aliphatic heterocycles. The van der Waals surface area contributed by atoms with Gasteiger partial charge in [-0.3, -0.25) is 0 Å². The normalized spacial score (nSPS) is 14.0. The van der Waals surface area contributed by atoms with E-state index in [2.05, 4.69) is 21.9 Å². The van der Waals surface area contributed by atoms with Gasteiger partial charge in [0.15, 0.2) is 5.16 Å². The van der Waals surface area contributed by atoms with Crippen LogP contribution in [-0.2, 0) is 0 Å². The molecule has 0 spiro atoms. The molecule has 0 amide bonds. The van der Waals surface area contributed by atoms with Crippen LogP contribution in [0, 0.1) is 0 Å². The molecule has 0 saturated carbocycles. The van der Waals surface area contributed by atoms with Crippen LogP contribution in [0.15, 0.2) is 17.8 Å². The number of unbranched alkanes of at least 4 members (excludes halogenated alkanes) is 5. The molecule has 3 nitrogen and oxygen atoms in total. The predicted molar refractivity (Wildman–Crippen MR) is 92.4 cm³/mol. The first kappa shape index (κ1) is 19.0. The summed E-state index contributed by atoms with van der Waals surface area (Å²) in [5.74, 6) is 0.783. The monoisotopic (exact) mass is 349 g/mol. The molecule has 0 radical (unpaired) electrons. The van der Waals surface area contributed by atoms with Crippen LogP contribution in [0.4, 0.5) is 0 Å². The number of halogens is 2. The maximum Gasteiger partial charge on any atom is 0.190 e. The minimum Gasteiger partial charge on any atom is -0.225 e. The van der Waals surface area contributed by atoms with Crippen molar-refractivity contribution in [2.24, 2.45) is 0 Å². The summed E-state index contributed by atoms with van der Waals surface area (Å²) in [7, 11) is 0. The third-order valence-electron chi connectivity index (χ3n) is 3.25. The van der Waals surface area contributed by atoms with Gasteiger partial charge in [0.2, 0.25) is 0 Å². The molecule has 0 saturated heterocycles. The summed E-state index contributed by atoms with van der Waals surface area (Å²) in [6.45, 7) is 2.24. The van der Waals surface area contributed by atoms with Crippen molar-refractivity contribution in [3.8, 4) is 0 Å². The molecule has 0 aromatic carbocycles. The largest absolute Gasteiger partial charge is 0.225 e. The number of hydrogen-bond acceptors (Lipinski definition) is 4. The van der Waals surface area contributed by atoms with Crippen LogP contribution in [0.5, 0.6) is 0 Å². The van der Waals surface area contributed by atoms with Crippen LogP contribution in [0.2, 0.25) is 0 Å². The van der Waals surface area contributed by atoms with Crippen molar-refractivity contribution in [2.75, 3.05) is 5.75 Å². The topological polar surface area (TPSA) is 38.7 Å². The maximum atomic E-state index is 6.36. The lowest BCUT2D eigenvalue weighted by Crippen LogP contribution is -2.11. The molecule has 6 heteroatoms. The SMILES string of the molecule is CCCCCCCCC(Cl)CC(Cl)CSc1ncncn1. The van der Waals surface area contributed by atoms with E-state index in [1.54, 1.807) is 11.8 Å². The average Bonchev–Trinajstić information content (AvgIpc) is 2.50. The Balaban J connectivity index is 2.03. The summed E-state index contributed by atoms with van der Waals surface area (Å²) < 4.78 is 0. The molecule has 2 atom stereocenters. The van der Waals surface area contributed by atoms with E-state index in [9.17, 15) is 0 Å². The second-order valence-electron chi connectivity index (χ2n) is 5.22. The van der Waals surface area contributed by atoms with Crippen LogP contribution in [0.3, 0.4) is 0 Å². The summed E-state index contributed by atoms with van der Waals surface area (Å²) in [6, 6.07) is 0. The van der Waals surface area contributed by atoms with Crippen LogP contribution in [0.1, 0.15) is 58.3 Å². The Morgan fingerprint density at radius 1 is 1.00 bits per heavy atom. The standard InChI is InChI=1S/C15H25Cl2N3S/c1-2-3-4-5-6-7-8-13(16)9-14(17)10-21-15-19-11-18-12-20-15/h11-14H,2-10H2,1H3. The van der Waals surface area contributed by atoms with Gasteiger partial charge >= 0.3 is 0 Å². The summed E-state index contributed by atoms with van der Waals surface area (Å²) in [4.78, 5) is 11.9. The molecule has 0 fully saturated rings. The van der Waals surface area contributed by atoms with E-state index >= 15 is 0 Å². The third-order valence-corrected chi connectivity index (χ3v) is 5.20. The zero-order chi connectivity index (χ0) is 15.3. The molecule has 0 aliphatic carbocycles. The van der Waals surface area contributed by atoms with Gasteiger partial charge in [0.1, 0.15) is 12.7 Å². The Morgan fingerprint density at radius 3 is 2.38 bits per heavy atom. The molecule has 1 aromatic heterocycles. The van der Waals surface area contributed by atoms with E-state index in [0.717, 1.165) is 23.8 Å². The summed E-state index contributed by atoms with van der Waals surface area (Å²) in [5.41, 5.74) is 0. The molecular formula is C15H25Cl2N3S. The lowest BCUT2D eigenvalue weighted by molar-refractivity contribution is 0.568. The van der Waals surface area contributed by atoms with Crippen molar-refractivity contribution in [1.29, 1.82) is 0 Å². The number of thioether (sulfide) groups is 1. The molecule has 21 heavy (non-hydrogen) atoms. The fourth-order valence-electron chi connectivity index (χ4n) is 2.08. The van der Waals surface area contributed by atoms with Crippen LogP contribution in [-0.4, -0.2) is 31.5 Å². The predicted octanol–water partition coefficient (Wildman–Crippen LogP) is 5.32. The Hall–Kier alpha value is -0.0600. The lowest BCUT2D eigenvalue weighted by Gasteiger charge is -2.13. The van der Waals surface area contributed by atoms with E-state index in [-0.39, 0.29) is 10.8 Å². The highest BCUT2D eigenvalue weighted by Crippen LogP contribution is 2.22. The first-order valence-electron chi connectivity index (χ1n) is 7.75. The minimum atomic E-state index is 0.0642. The highest BCUT2D eigenvalue weighted by molar-refractivity contribution is 7.99. The summed E-state index contributed by atoms with van der Waals surface area (Å²) in [5, 5.41) is 0.963. The Bertz CT molecular complexity index is 354. The van der Waals surface area contributed by atoms with Crippen molar-refractivity contribution in [2.45, 2.75) is 74.2 Å². The van der Waals surface area contributed by atoms with Gasteiger partial charge < -0.3 is 0 Å². The second kappa shape index (κ2) is 12.5. The van der Waals surface area contributed by atoms with Gasteiger partial charge in [-0.1, -0.05) is 57.2 Å². The van der Waals surface area contributed by atoms with Gasteiger partial charge in [0, 0.05) is 16.5 Å².